The van der Waals surface area contributed by atoms with Crippen molar-refractivity contribution in [2.45, 2.75) is 44.6 Å². The minimum atomic E-state index is -0.856. The van der Waals surface area contributed by atoms with Crippen LogP contribution in [0.15, 0.2) is 29.3 Å². The van der Waals surface area contributed by atoms with Gasteiger partial charge in [0.25, 0.3) is 11.5 Å². The average Bonchev–Trinajstić information content (AvgIpc) is 2.53. The number of nitrogens with one attached hydrogen (secondary N) is 1. The van der Waals surface area contributed by atoms with Crippen LogP contribution in [0, 0.1) is 6.92 Å². The number of carbonyl (C=O) groups is 1. The Balaban J connectivity index is 1.79. The second-order valence-electron chi connectivity index (χ2n) is 6.38. The average molecular weight is 315 g/mol. The molecule has 2 heterocycles. The molecule has 122 valence electrons. The van der Waals surface area contributed by atoms with Crippen molar-refractivity contribution in [3.05, 3.63) is 46.0 Å². The predicted octanol–water partition coefficient (Wildman–Crippen LogP) is 1.43. The van der Waals surface area contributed by atoms with Gasteiger partial charge in [-0.1, -0.05) is 19.3 Å². The van der Waals surface area contributed by atoms with E-state index in [1.807, 2.05) is 6.92 Å². The van der Waals surface area contributed by atoms with Gasteiger partial charge in [0, 0.05) is 18.9 Å². The molecule has 23 heavy (non-hydrogen) atoms. The lowest BCUT2D eigenvalue weighted by atomic mass is 9.85. The van der Waals surface area contributed by atoms with Gasteiger partial charge in [-0.05, 0) is 37.5 Å². The van der Waals surface area contributed by atoms with E-state index in [9.17, 15) is 14.7 Å². The Bertz CT molecular complexity index is 791. The maximum atomic E-state index is 12.4. The first-order valence-corrected chi connectivity index (χ1v) is 7.97. The molecule has 2 N–H and O–H groups in total. The first-order chi connectivity index (χ1) is 11.0. The summed E-state index contributed by atoms with van der Waals surface area (Å²) in [6, 6.07) is 3.58. The zero-order valence-electron chi connectivity index (χ0n) is 13.2. The number of nitrogens with zero attached hydrogens (tertiary/aromatic N) is 2. The SMILES string of the molecule is Cc1ccn2c(=O)c(C(=O)NCC3(O)CCCCC3)cnc2c1. The molecule has 0 radical (unpaired) electrons. The number of carbonyl (C=O) groups excluding carboxylic acids is 1. The molecule has 2 aromatic heterocycles. The lowest BCUT2D eigenvalue weighted by molar-refractivity contribution is 0.00523. The third-order valence-corrected chi connectivity index (χ3v) is 4.47. The molecule has 0 aromatic carbocycles. The lowest BCUT2D eigenvalue weighted by Crippen LogP contribution is -2.45. The molecule has 0 saturated heterocycles. The molecule has 6 heteroatoms. The Morgan fingerprint density at radius 3 is 2.87 bits per heavy atom. The molecule has 1 saturated carbocycles. The fraction of sp³-hybridized carbons (Fsp3) is 0.471. The van der Waals surface area contributed by atoms with Crippen LogP contribution in [-0.4, -0.2) is 32.5 Å². The summed E-state index contributed by atoms with van der Waals surface area (Å²) < 4.78 is 1.36. The second kappa shape index (κ2) is 6.12. The van der Waals surface area contributed by atoms with Crippen molar-refractivity contribution in [3.63, 3.8) is 0 Å². The molecule has 1 fully saturated rings. The van der Waals surface area contributed by atoms with Crippen molar-refractivity contribution >= 4 is 11.6 Å². The molecule has 1 aliphatic rings. The number of aliphatic hydroxyl groups is 1. The maximum Gasteiger partial charge on any atom is 0.270 e. The Labute approximate surface area is 134 Å². The Morgan fingerprint density at radius 2 is 2.13 bits per heavy atom. The van der Waals surface area contributed by atoms with Crippen LogP contribution in [0.4, 0.5) is 0 Å². The van der Waals surface area contributed by atoms with Gasteiger partial charge >= 0.3 is 0 Å². The van der Waals surface area contributed by atoms with E-state index in [0.29, 0.717) is 18.5 Å². The van der Waals surface area contributed by atoms with Crippen LogP contribution in [0.5, 0.6) is 0 Å². The standard InChI is InChI=1S/C17H21N3O3/c1-12-5-8-20-14(9-12)18-10-13(16(20)22)15(21)19-11-17(23)6-3-2-4-7-17/h5,8-10,23H,2-4,6-7,11H2,1H3,(H,19,21). The molecule has 0 atom stereocenters. The monoisotopic (exact) mass is 315 g/mol. The molecule has 3 rings (SSSR count). The summed E-state index contributed by atoms with van der Waals surface area (Å²) in [6.45, 7) is 2.08. The smallest absolute Gasteiger partial charge is 0.270 e. The summed E-state index contributed by atoms with van der Waals surface area (Å²) in [5.41, 5.74) is 0.242. The summed E-state index contributed by atoms with van der Waals surface area (Å²) in [5, 5.41) is 13.1. The molecule has 0 bridgehead atoms. The number of amides is 1. The lowest BCUT2D eigenvalue weighted by Gasteiger charge is -2.32. The van der Waals surface area contributed by atoms with Crippen LogP contribution < -0.4 is 10.9 Å². The van der Waals surface area contributed by atoms with Gasteiger partial charge in [-0.15, -0.1) is 0 Å². The van der Waals surface area contributed by atoms with E-state index >= 15 is 0 Å². The molecule has 0 unspecified atom stereocenters. The molecule has 0 spiro atoms. The quantitative estimate of drug-likeness (QED) is 0.897. The van der Waals surface area contributed by atoms with Crippen molar-refractivity contribution < 1.29 is 9.90 Å². The summed E-state index contributed by atoms with van der Waals surface area (Å²) >= 11 is 0. The first kappa shape index (κ1) is 15.7. The Hall–Kier alpha value is -2.21. The zero-order chi connectivity index (χ0) is 16.4. The van der Waals surface area contributed by atoms with Crippen molar-refractivity contribution in [1.29, 1.82) is 0 Å². The highest BCUT2D eigenvalue weighted by molar-refractivity contribution is 5.93. The molecular formula is C17H21N3O3. The van der Waals surface area contributed by atoms with Crippen molar-refractivity contribution in [1.82, 2.24) is 14.7 Å². The van der Waals surface area contributed by atoms with Gasteiger partial charge in [0.15, 0.2) is 0 Å². The van der Waals surface area contributed by atoms with Crippen molar-refractivity contribution in [2.75, 3.05) is 6.54 Å². The number of pyridine rings is 1. The van der Waals surface area contributed by atoms with Crippen molar-refractivity contribution in [3.8, 4) is 0 Å². The normalized spacial score (nSPS) is 17.1. The minimum absolute atomic E-state index is 0.00855. The van der Waals surface area contributed by atoms with Gasteiger partial charge in [-0.25, -0.2) is 4.98 Å². The highest BCUT2D eigenvalue weighted by Gasteiger charge is 2.29. The van der Waals surface area contributed by atoms with Crippen LogP contribution in [0.1, 0.15) is 48.0 Å². The van der Waals surface area contributed by atoms with Crippen LogP contribution in [0.25, 0.3) is 5.65 Å². The van der Waals surface area contributed by atoms with Crippen LogP contribution in [0.2, 0.25) is 0 Å². The van der Waals surface area contributed by atoms with E-state index in [2.05, 4.69) is 10.3 Å². The van der Waals surface area contributed by atoms with Crippen LogP contribution in [-0.2, 0) is 0 Å². The first-order valence-electron chi connectivity index (χ1n) is 7.97. The minimum Gasteiger partial charge on any atom is -0.388 e. The summed E-state index contributed by atoms with van der Waals surface area (Å²) in [5.74, 6) is -0.489. The number of fused-ring (bicyclic) bond motifs is 1. The van der Waals surface area contributed by atoms with Gasteiger partial charge in [-0.3, -0.25) is 14.0 Å². The van der Waals surface area contributed by atoms with Gasteiger partial charge < -0.3 is 10.4 Å². The molecular weight excluding hydrogens is 294 g/mol. The largest absolute Gasteiger partial charge is 0.388 e. The van der Waals surface area contributed by atoms with Gasteiger partial charge in [0.2, 0.25) is 0 Å². The van der Waals surface area contributed by atoms with Gasteiger partial charge in [0.1, 0.15) is 11.2 Å². The van der Waals surface area contributed by atoms with Gasteiger partial charge in [0.05, 0.1) is 5.60 Å². The van der Waals surface area contributed by atoms with Crippen molar-refractivity contribution in [2.24, 2.45) is 0 Å². The molecule has 1 amide bonds. The number of aromatic nitrogens is 2. The molecule has 2 aromatic rings. The fourth-order valence-electron chi connectivity index (χ4n) is 3.06. The molecule has 0 aliphatic heterocycles. The number of hydrogen-bond acceptors (Lipinski definition) is 4. The van der Waals surface area contributed by atoms with E-state index < -0.39 is 17.1 Å². The zero-order valence-corrected chi connectivity index (χ0v) is 13.2. The number of rotatable bonds is 3. The molecule has 1 aliphatic carbocycles. The fourth-order valence-corrected chi connectivity index (χ4v) is 3.06. The third-order valence-electron chi connectivity index (χ3n) is 4.47. The highest BCUT2D eigenvalue weighted by atomic mass is 16.3. The van der Waals surface area contributed by atoms with Crippen LogP contribution in [0.3, 0.4) is 0 Å². The van der Waals surface area contributed by atoms with E-state index in [-0.39, 0.29) is 12.1 Å². The summed E-state index contributed by atoms with van der Waals surface area (Å²) in [6.07, 6.45) is 7.33. The van der Waals surface area contributed by atoms with E-state index in [1.165, 1.54) is 10.6 Å². The molecule has 6 nitrogen and oxygen atoms in total. The number of hydrogen-bond donors (Lipinski definition) is 2. The topological polar surface area (TPSA) is 83.7 Å². The Kier molecular flexibility index (Phi) is 4.17. The Morgan fingerprint density at radius 1 is 1.39 bits per heavy atom. The summed E-state index contributed by atoms with van der Waals surface area (Å²) in [7, 11) is 0. The van der Waals surface area contributed by atoms with E-state index in [1.54, 1.807) is 18.3 Å². The third kappa shape index (κ3) is 3.27. The van der Waals surface area contributed by atoms with Crippen LogP contribution >= 0.6 is 0 Å². The second-order valence-corrected chi connectivity index (χ2v) is 6.38. The maximum absolute atomic E-state index is 12.4. The van der Waals surface area contributed by atoms with E-state index in [0.717, 1.165) is 24.8 Å². The summed E-state index contributed by atoms with van der Waals surface area (Å²) in [4.78, 5) is 28.9. The number of aryl methyl sites for hydroxylation is 1. The van der Waals surface area contributed by atoms with Gasteiger partial charge in [-0.2, -0.15) is 0 Å². The van der Waals surface area contributed by atoms with E-state index in [4.69, 9.17) is 0 Å². The highest BCUT2D eigenvalue weighted by Crippen LogP contribution is 2.27. The predicted molar refractivity (Wildman–Crippen MR) is 86.6 cm³/mol.